The summed E-state index contributed by atoms with van der Waals surface area (Å²) in [5, 5.41) is 5.70. The lowest BCUT2D eigenvalue weighted by Crippen LogP contribution is -2.64. The molecule has 1 fully saturated rings. The molecule has 1 saturated heterocycles. The summed E-state index contributed by atoms with van der Waals surface area (Å²) in [5.74, 6) is 0.811. The van der Waals surface area contributed by atoms with Gasteiger partial charge in [0.05, 0.1) is 12.4 Å². The number of anilines is 1. The molecule has 148 valence electrons. The Morgan fingerprint density at radius 1 is 1.11 bits per heavy atom. The maximum atomic E-state index is 12.4. The molecule has 2 atom stereocenters. The van der Waals surface area contributed by atoms with Crippen LogP contribution in [-0.2, 0) is 16.0 Å². The number of hydrogen-bond acceptors (Lipinski definition) is 6. The zero-order chi connectivity index (χ0) is 19.8. The molecule has 1 heterocycles. The molecule has 0 radical (unpaired) electrons. The van der Waals surface area contributed by atoms with Crippen molar-refractivity contribution in [2.24, 2.45) is 0 Å². The van der Waals surface area contributed by atoms with Gasteiger partial charge in [0.2, 0.25) is 11.8 Å². The lowest BCUT2D eigenvalue weighted by Gasteiger charge is -2.31. The van der Waals surface area contributed by atoms with E-state index < -0.39 is 0 Å². The molecule has 0 spiro atoms. The fraction of sp³-hybridized carbons (Fsp3) is 0.300. The third kappa shape index (κ3) is 5.98. The molecule has 3 rings (SSSR count). The number of rotatable bonds is 8. The van der Waals surface area contributed by atoms with Crippen LogP contribution in [0.3, 0.4) is 0 Å². The van der Waals surface area contributed by atoms with Crippen LogP contribution in [0.5, 0.6) is 5.75 Å². The molecule has 0 aliphatic carbocycles. The Bertz CT molecular complexity index is 786. The Kier molecular flexibility index (Phi) is 7.30. The number of carbonyl (C=O) groups excluding carboxylic acids is 2. The average Bonchev–Trinajstić information content (AvgIpc) is 2.71. The van der Waals surface area contributed by atoms with E-state index in [9.17, 15) is 9.59 Å². The number of ether oxygens (including phenoxy) is 1. The highest BCUT2D eigenvalue weighted by molar-refractivity contribution is 8.00. The topological polar surface area (TPSA) is 91.5 Å². The Hall–Kier alpha value is -2.55. The SMILES string of the molecule is CCOc1ccc(CC2NNC(SCC(=O)Nc3ccccc3)NC2=O)cc1. The molecule has 28 heavy (non-hydrogen) atoms. The number of nitrogens with one attached hydrogen (secondary N) is 4. The Balaban J connectivity index is 1.42. The van der Waals surface area contributed by atoms with Crippen molar-refractivity contribution < 1.29 is 14.3 Å². The summed E-state index contributed by atoms with van der Waals surface area (Å²) < 4.78 is 5.43. The van der Waals surface area contributed by atoms with Gasteiger partial charge >= 0.3 is 0 Å². The quantitative estimate of drug-likeness (QED) is 0.541. The summed E-state index contributed by atoms with van der Waals surface area (Å²) in [4.78, 5) is 24.4. The predicted molar refractivity (Wildman–Crippen MR) is 111 cm³/mol. The van der Waals surface area contributed by atoms with Crippen molar-refractivity contribution >= 4 is 29.3 Å². The molecule has 2 aromatic rings. The predicted octanol–water partition coefficient (Wildman–Crippen LogP) is 1.88. The normalized spacial score (nSPS) is 19.0. The minimum Gasteiger partial charge on any atom is -0.494 e. The summed E-state index contributed by atoms with van der Waals surface area (Å²) in [7, 11) is 0. The summed E-state index contributed by atoms with van der Waals surface area (Å²) in [6, 6.07) is 16.6. The molecule has 2 unspecified atom stereocenters. The van der Waals surface area contributed by atoms with Crippen LogP contribution in [0.4, 0.5) is 5.69 Å². The van der Waals surface area contributed by atoms with Gasteiger partial charge in [0.25, 0.3) is 0 Å². The second-order valence-corrected chi connectivity index (χ2v) is 7.33. The first kappa shape index (κ1) is 20.2. The third-order valence-electron chi connectivity index (χ3n) is 4.09. The Labute approximate surface area is 168 Å². The van der Waals surface area contributed by atoms with Crippen LogP contribution in [0, 0.1) is 0 Å². The van der Waals surface area contributed by atoms with Crippen molar-refractivity contribution in [2.75, 3.05) is 17.7 Å². The van der Waals surface area contributed by atoms with Crippen LogP contribution in [0.2, 0.25) is 0 Å². The van der Waals surface area contributed by atoms with Crippen LogP contribution in [0.15, 0.2) is 54.6 Å². The first-order chi connectivity index (χ1) is 13.6. The van der Waals surface area contributed by atoms with Crippen LogP contribution in [0.1, 0.15) is 12.5 Å². The van der Waals surface area contributed by atoms with Gasteiger partial charge in [0, 0.05) is 5.69 Å². The molecule has 2 aromatic carbocycles. The highest BCUT2D eigenvalue weighted by atomic mass is 32.2. The van der Waals surface area contributed by atoms with E-state index in [1.54, 1.807) is 0 Å². The molecule has 2 amide bonds. The van der Waals surface area contributed by atoms with Gasteiger partial charge in [-0.2, -0.15) is 0 Å². The number of carbonyl (C=O) groups is 2. The first-order valence-corrected chi connectivity index (χ1v) is 10.2. The Morgan fingerprint density at radius 2 is 1.86 bits per heavy atom. The van der Waals surface area contributed by atoms with Gasteiger partial charge in [-0.1, -0.05) is 30.3 Å². The highest BCUT2D eigenvalue weighted by Crippen LogP contribution is 2.15. The minimum atomic E-state index is -0.382. The fourth-order valence-corrected chi connectivity index (χ4v) is 3.48. The minimum absolute atomic E-state index is 0.103. The van der Waals surface area contributed by atoms with E-state index in [1.165, 1.54) is 11.8 Å². The molecule has 8 heteroatoms. The third-order valence-corrected chi connectivity index (χ3v) is 5.09. The lowest BCUT2D eigenvalue weighted by molar-refractivity contribution is -0.125. The smallest absolute Gasteiger partial charge is 0.240 e. The van der Waals surface area contributed by atoms with Crippen LogP contribution in [-0.4, -0.2) is 35.7 Å². The molecule has 4 N–H and O–H groups in total. The van der Waals surface area contributed by atoms with Crippen molar-refractivity contribution in [2.45, 2.75) is 24.9 Å². The van der Waals surface area contributed by atoms with Crippen molar-refractivity contribution in [3.63, 3.8) is 0 Å². The van der Waals surface area contributed by atoms with Gasteiger partial charge in [-0.25, -0.2) is 10.9 Å². The second kappa shape index (κ2) is 10.1. The van der Waals surface area contributed by atoms with Gasteiger partial charge < -0.3 is 15.4 Å². The van der Waals surface area contributed by atoms with Gasteiger partial charge in [-0.15, -0.1) is 11.8 Å². The molecule has 7 nitrogen and oxygen atoms in total. The van der Waals surface area contributed by atoms with E-state index >= 15 is 0 Å². The zero-order valence-corrected chi connectivity index (χ0v) is 16.4. The lowest BCUT2D eigenvalue weighted by atomic mass is 10.1. The number of thioether (sulfide) groups is 1. The molecule has 1 aliphatic heterocycles. The number of hydrogen-bond donors (Lipinski definition) is 4. The molecular formula is C20H24N4O3S. The monoisotopic (exact) mass is 400 g/mol. The van der Waals surface area contributed by atoms with Crippen LogP contribution >= 0.6 is 11.8 Å². The van der Waals surface area contributed by atoms with E-state index in [0.29, 0.717) is 13.0 Å². The highest BCUT2D eigenvalue weighted by Gasteiger charge is 2.27. The summed E-state index contributed by atoms with van der Waals surface area (Å²) in [6.45, 7) is 2.56. The van der Waals surface area contributed by atoms with Gasteiger partial charge in [0.15, 0.2) is 0 Å². The number of amides is 2. The molecule has 0 aromatic heterocycles. The number of benzene rings is 2. The molecule has 1 aliphatic rings. The summed E-state index contributed by atoms with van der Waals surface area (Å²) in [6.07, 6.45) is 0.553. The zero-order valence-electron chi connectivity index (χ0n) is 15.6. The van der Waals surface area contributed by atoms with Crippen molar-refractivity contribution in [3.8, 4) is 5.75 Å². The summed E-state index contributed by atoms with van der Waals surface area (Å²) in [5.41, 5.74) is 7.50. The van der Waals surface area contributed by atoms with Gasteiger partial charge in [0.1, 0.15) is 17.3 Å². The van der Waals surface area contributed by atoms with Crippen LogP contribution < -0.4 is 26.2 Å². The van der Waals surface area contributed by atoms with E-state index in [2.05, 4.69) is 21.5 Å². The maximum Gasteiger partial charge on any atom is 0.240 e. The van der Waals surface area contributed by atoms with E-state index in [4.69, 9.17) is 4.74 Å². The summed E-state index contributed by atoms with van der Waals surface area (Å²) >= 11 is 1.31. The second-order valence-electron chi connectivity index (χ2n) is 6.24. The van der Waals surface area contributed by atoms with E-state index in [-0.39, 0.29) is 29.1 Å². The van der Waals surface area contributed by atoms with Crippen molar-refractivity contribution in [1.82, 2.24) is 16.2 Å². The first-order valence-electron chi connectivity index (χ1n) is 9.13. The van der Waals surface area contributed by atoms with Crippen molar-refractivity contribution in [3.05, 3.63) is 60.2 Å². The van der Waals surface area contributed by atoms with Crippen LogP contribution in [0.25, 0.3) is 0 Å². The van der Waals surface area contributed by atoms with Gasteiger partial charge in [-0.05, 0) is 43.2 Å². The maximum absolute atomic E-state index is 12.4. The average molecular weight is 401 g/mol. The van der Waals surface area contributed by atoms with Crippen molar-refractivity contribution in [1.29, 1.82) is 0 Å². The van der Waals surface area contributed by atoms with Gasteiger partial charge in [-0.3, -0.25) is 9.59 Å². The largest absolute Gasteiger partial charge is 0.494 e. The molecule has 0 saturated carbocycles. The number of hydrazine groups is 1. The van der Waals surface area contributed by atoms with E-state index in [0.717, 1.165) is 17.0 Å². The fourth-order valence-electron chi connectivity index (χ4n) is 2.74. The number of para-hydroxylation sites is 1. The molecule has 0 bridgehead atoms. The molecular weight excluding hydrogens is 376 g/mol. The standard InChI is InChI=1S/C20H24N4O3S/c1-2-27-16-10-8-14(9-11-16)12-17-19(26)22-20(24-23-17)28-13-18(25)21-15-6-4-3-5-7-15/h3-11,17,20,23-24H,2,12-13H2,1H3,(H,21,25)(H,22,26). The Morgan fingerprint density at radius 3 is 2.54 bits per heavy atom. The van der Waals surface area contributed by atoms with E-state index in [1.807, 2.05) is 61.5 Å².